The van der Waals surface area contributed by atoms with Crippen molar-refractivity contribution < 1.29 is 23.8 Å². The van der Waals surface area contributed by atoms with Crippen LogP contribution in [0.3, 0.4) is 0 Å². The summed E-state index contributed by atoms with van der Waals surface area (Å²) >= 11 is 0. The molecule has 0 aliphatic carbocycles. The van der Waals surface area contributed by atoms with Gasteiger partial charge in [0.1, 0.15) is 6.04 Å². The highest BCUT2D eigenvalue weighted by Crippen LogP contribution is 2.18. The average molecular weight is 283 g/mol. The molecular formula is C14H18FNO4. The molecule has 0 radical (unpaired) electrons. The van der Waals surface area contributed by atoms with Gasteiger partial charge in [-0.05, 0) is 30.5 Å². The maximum absolute atomic E-state index is 13.2. The van der Waals surface area contributed by atoms with E-state index in [0.717, 1.165) is 6.07 Å². The number of carbonyl (C=O) groups is 2. The molecule has 0 aliphatic rings. The Labute approximate surface area is 116 Å². The standard InChI is InChI=1S/C14H18FNO4/c1-8(2)6-11(14(18)19)16-13(17)9-4-5-10(15)12(7-9)20-3/h4-5,7-8,11H,6H2,1-3H3,(H,16,17)(H,18,19)/t11-/m1/s1. The van der Waals surface area contributed by atoms with E-state index in [-0.39, 0.29) is 17.2 Å². The van der Waals surface area contributed by atoms with Gasteiger partial charge < -0.3 is 15.2 Å². The number of ether oxygens (including phenoxy) is 1. The number of carboxylic acids is 1. The van der Waals surface area contributed by atoms with Crippen molar-refractivity contribution in [2.24, 2.45) is 5.92 Å². The van der Waals surface area contributed by atoms with E-state index in [0.29, 0.717) is 6.42 Å². The van der Waals surface area contributed by atoms with Crippen LogP contribution in [-0.2, 0) is 4.79 Å². The van der Waals surface area contributed by atoms with Crippen molar-refractivity contribution in [3.05, 3.63) is 29.6 Å². The lowest BCUT2D eigenvalue weighted by molar-refractivity contribution is -0.139. The predicted octanol–water partition coefficient (Wildman–Crippen LogP) is 2.06. The summed E-state index contributed by atoms with van der Waals surface area (Å²) in [6, 6.07) is 2.64. The van der Waals surface area contributed by atoms with Crippen LogP contribution in [0.25, 0.3) is 0 Å². The van der Waals surface area contributed by atoms with Crippen LogP contribution in [0.15, 0.2) is 18.2 Å². The Bertz CT molecular complexity index is 502. The van der Waals surface area contributed by atoms with Gasteiger partial charge in [-0.15, -0.1) is 0 Å². The zero-order chi connectivity index (χ0) is 15.3. The Kier molecular flexibility index (Phi) is 5.49. The van der Waals surface area contributed by atoms with Gasteiger partial charge in [-0.2, -0.15) is 0 Å². The summed E-state index contributed by atoms with van der Waals surface area (Å²) in [7, 11) is 1.29. The quantitative estimate of drug-likeness (QED) is 0.838. The Hall–Kier alpha value is -2.11. The third-order valence-electron chi connectivity index (χ3n) is 2.72. The minimum atomic E-state index is -1.10. The molecule has 0 fully saturated rings. The van der Waals surface area contributed by atoms with Crippen molar-refractivity contribution in [3.63, 3.8) is 0 Å². The smallest absolute Gasteiger partial charge is 0.326 e. The van der Waals surface area contributed by atoms with Crippen LogP contribution in [0.2, 0.25) is 0 Å². The molecule has 0 aliphatic heterocycles. The average Bonchev–Trinajstić information content (AvgIpc) is 2.37. The van der Waals surface area contributed by atoms with Crippen LogP contribution < -0.4 is 10.1 Å². The summed E-state index contributed by atoms with van der Waals surface area (Å²) in [6.07, 6.45) is 0.319. The molecule has 110 valence electrons. The molecule has 1 rings (SSSR count). The molecule has 0 unspecified atom stereocenters. The highest BCUT2D eigenvalue weighted by atomic mass is 19.1. The van der Waals surface area contributed by atoms with Crippen LogP contribution in [-0.4, -0.2) is 30.1 Å². The van der Waals surface area contributed by atoms with E-state index in [4.69, 9.17) is 9.84 Å². The zero-order valence-corrected chi connectivity index (χ0v) is 11.6. The number of carboxylic acid groups (broad SMARTS) is 1. The van der Waals surface area contributed by atoms with Crippen molar-refractivity contribution in [1.29, 1.82) is 0 Å². The third kappa shape index (κ3) is 4.22. The van der Waals surface area contributed by atoms with Gasteiger partial charge in [0.25, 0.3) is 5.91 Å². The first-order valence-corrected chi connectivity index (χ1v) is 6.22. The summed E-state index contributed by atoms with van der Waals surface area (Å²) in [5, 5.41) is 11.5. The molecule has 2 N–H and O–H groups in total. The van der Waals surface area contributed by atoms with Crippen molar-refractivity contribution in [2.45, 2.75) is 26.3 Å². The first kappa shape index (κ1) is 15.9. The second-order valence-corrected chi connectivity index (χ2v) is 4.84. The minimum Gasteiger partial charge on any atom is -0.494 e. The highest BCUT2D eigenvalue weighted by Gasteiger charge is 2.22. The van der Waals surface area contributed by atoms with E-state index in [1.165, 1.54) is 19.2 Å². The number of hydrogen-bond donors (Lipinski definition) is 2. The maximum Gasteiger partial charge on any atom is 0.326 e. The summed E-state index contributed by atoms with van der Waals surface area (Å²) in [5.41, 5.74) is 0.151. The Morgan fingerprint density at radius 2 is 2.05 bits per heavy atom. The van der Waals surface area contributed by atoms with Gasteiger partial charge in [0.15, 0.2) is 11.6 Å². The van der Waals surface area contributed by atoms with Gasteiger partial charge in [-0.1, -0.05) is 13.8 Å². The number of amides is 1. The van der Waals surface area contributed by atoms with Crippen LogP contribution >= 0.6 is 0 Å². The molecule has 0 saturated heterocycles. The van der Waals surface area contributed by atoms with Crippen LogP contribution in [0.5, 0.6) is 5.75 Å². The van der Waals surface area contributed by atoms with Gasteiger partial charge >= 0.3 is 5.97 Å². The van der Waals surface area contributed by atoms with Crippen LogP contribution in [0.4, 0.5) is 4.39 Å². The van der Waals surface area contributed by atoms with E-state index < -0.39 is 23.7 Å². The number of methoxy groups -OCH3 is 1. The normalized spacial score (nSPS) is 12.1. The lowest BCUT2D eigenvalue weighted by Gasteiger charge is -2.16. The minimum absolute atomic E-state index is 0.0617. The number of carbonyl (C=O) groups excluding carboxylic acids is 1. The second-order valence-electron chi connectivity index (χ2n) is 4.84. The van der Waals surface area contributed by atoms with E-state index in [1.807, 2.05) is 13.8 Å². The molecule has 0 aromatic heterocycles. The van der Waals surface area contributed by atoms with Crippen molar-refractivity contribution in [2.75, 3.05) is 7.11 Å². The molecule has 1 aromatic rings. The molecule has 6 heteroatoms. The monoisotopic (exact) mass is 283 g/mol. The fourth-order valence-corrected chi connectivity index (χ4v) is 1.74. The number of rotatable bonds is 6. The largest absolute Gasteiger partial charge is 0.494 e. The molecular weight excluding hydrogens is 265 g/mol. The van der Waals surface area contributed by atoms with Gasteiger partial charge in [0.05, 0.1) is 7.11 Å². The van der Waals surface area contributed by atoms with Crippen LogP contribution in [0, 0.1) is 11.7 Å². The molecule has 0 bridgehead atoms. The van der Waals surface area contributed by atoms with E-state index in [9.17, 15) is 14.0 Å². The highest BCUT2D eigenvalue weighted by molar-refractivity contribution is 5.96. The van der Waals surface area contributed by atoms with E-state index >= 15 is 0 Å². The fraction of sp³-hybridized carbons (Fsp3) is 0.429. The summed E-state index contributed by atoms with van der Waals surface area (Å²) in [6.45, 7) is 3.73. The fourth-order valence-electron chi connectivity index (χ4n) is 1.74. The SMILES string of the molecule is COc1cc(C(=O)N[C@H](CC(C)C)C(=O)O)ccc1F. The predicted molar refractivity (Wildman–Crippen MR) is 71.3 cm³/mol. The number of nitrogens with one attached hydrogen (secondary N) is 1. The molecule has 0 heterocycles. The van der Waals surface area contributed by atoms with E-state index in [1.54, 1.807) is 0 Å². The Balaban J connectivity index is 2.86. The van der Waals surface area contributed by atoms with E-state index in [2.05, 4.69) is 5.32 Å². The van der Waals surface area contributed by atoms with Crippen molar-refractivity contribution >= 4 is 11.9 Å². The maximum atomic E-state index is 13.2. The molecule has 20 heavy (non-hydrogen) atoms. The van der Waals surface area contributed by atoms with Crippen molar-refractivity contribution in [1.82, 2.24) is 5.32 Å². The third-order valence-corrected chi connectivity index (χ3v) is 2.72. The first-order chi connectivity index (χ1) is 9.35. The second kappa shape index (κ2) is 6.88. The van der Waals surface area contributed by atoms with Gasteiger partial charge in [-0.3, -0.25) is 4.79 Å². The molecule has 1 aromatic carbocycles. The number of hydrogen-bond acceptors (Lipinski definition) is 3. The van der Waals surface area contributed by atoms with Gasteiger partial charge in [-0.25, -0.2) is 9.18 Å². The molecule has 0 spiro atoms. The molecule has 5 nitrogen and oxygen atoms in total. The summed E-state index contributed by atoms with van der Waals surface area (Å²) in [4.78, 5) is 23.0. The number of benzene rings is 1. The number of aliphatic carboxylic acids is 1. The summed E-state index contributed by atoms with van der Waals surface area (Å²) < 4.78 is 18.0. The lowest BCUT2D eigenvalue weighted by atomic mass is 10.0. The van der Waals surface area contributed by atoms with Gasteiger partial charge in [0.2, 0.25) is 0 Å². The van der Waals surface area contributed by atoms with Crippen molar-refractivity contribution in [3.8, 4) is 5.75 Å². The molecule has 1 amide bonds. The lowest BCUT2D eigenvalue weighted by Crippen LogP contribution is -2.41. The molecule has 1 atom stereocenters. The topological polar surface area (TPSA) is 75.6 Å². The van der Waals surface area contributed by atoms with Gasteiger partial charge in [0, 0.05) is 5.56 Å². The number of halogens is 1. The Morgan fingerprint density at radius 3 is 2.55 bits per heavy atom. The zero-order valence-electron chi connectivity index (χ0n) is 11.6. The molecule has 0 saturated carbocycles. The first-order valence-electron chi connectivity index (χ1n) is 6.22. The Morgan fingerprint density at radius 1 is 1.40 bits per heavy atom. The summed E-state index contributed by atoms with van der Waals surface area (Å²) in [5.74, 6) is -2.19. The van der Waals surface area contributed by atoms with Crippen LogP contribution in [0.1, 0.15) is 30.6 Å².